The van der Waals surface area contributed by atoms with Crippen LogP contribution in [-0.4, -0.2) is 16.1 Å². The smallest absolute Gasteiger partial charge is 0.316 e. The predicted molar refractivity (Wildman–Crippen MR) is 85.8 cm³/mol. The number of nitrogens with zero attached hydrogens (tertiary/aromatic N) is 3. The molecule has 4 nitrogen and oxygen atoms in total. The molecule has 2 aromatic rings. The van der Waals surface area contributed by atoms with E-state index in [1.165, 1.54) is 12.4 Å². The summed E-state index contributed by atoms with van der Waals surface area (Å²) in [5.41, 5.74) is 2.18. The molecule has 0 saturated carbocycles. The van der Waals surface area contributed by atoms with Gasteiger partial charge in [-0.1, -0.05) is 49.2 Å². The van der Waals surface area contributed by atoms with E-state index in [2.05, 4.69) is 23.0 Å². The molecule has 0 N–H and O–H groups in total. The highest BCUT2D eigenvalue weighted by Crippen LogP contribution is 2.18. The van der Waals surface area contributed by atoms with Crippen molar-refractivity contribution in [3.63, 3.8) is 0 Å². The highest BCUT2D eigenvalue weighted by Gasteiger charge is 2.14. The lowest BCUT2D eigenvalue weighted by atomic mass is 9.98. The van der Waals surface area contributed by atoms with Crippen LogP contribution in [0.5, 0.6) is 6.01 Å². The summed E-state index contributed by atoms with van der Waals surface area (Å²) >= 11 is 5.78. The molecular weight excluding hydrogens is 298 g/mol. The molecule has 22 heavy (non-hydrogen) atoms. The molecule has 0 bridgehead atoms. The Morgan fingerprint density at radius 2 is 1.91 bits per heavy atom. The molecule has 1 unspecified atom stereocenters. The Kier molecular flexibility index (Phi) is 6.17. The monoisotopic (exact) mass is 315 g/mol. The largest absolute Gasteiger partial charge is 0.460 e. The van der Waals surface area contributed by atoms with E-state index in [1.54, 1.807) is 0 Å². The number of nitriles is 1. The number of hydrogen-bond donors (Lipinski definition) is 0. The summed E-state index contributed by atoms with van der Waals surface area (Å²) in [6, 6.07) is 10.5. The Morgan fingerprint density at radius 3 is 2.55 bits per heavy atom. The number of hydrogen-bond acceptors (Lipinski definition) is 4. The van der Waals surface area contributed by atoms with Crippen LogP contribution in [0.2, 0.25) is 5.02 Å². The minimum Gasteiger partial charge on any atom is -0.460 e. The van der Waals surface area contributed by atoms with E-state index >= 15 is 0 Å². The predicted octanol–water partition coefficient (Wildman–Crippen LogP) is 3.99. The van der Waals surface area contributed by atoms with Gasteiger partial charge in [0.1, 0.15) is 6.10 Å². The minimum atomic E-state index is -0.0222. The van der Waals surface area contributed by atoms with E-state index in [4.69, 9.17) is 21.6 Å². The maximum Gasteiger partial charge on any atom is 0.316 e. The molecule has 1 aromatic heterocycles. The molecule has 0 aliphatic carbocycles. The maximum absolute atomic E-state index is 8.93. The van der Waals surface area contributed by atoms with Gasteiger partial charge in [0.15, 0.2) is 0 Å². The molecule has 0 spiro atoms. The highest BCUT2D eigenvalue weighted by atomic mass is 35.5. The van der Waals surface area contributed by atoms with Gasteiger partial charge in [-0.3, -0.25) is 0 Å². The molecule has 0 aliphatic rings. The number of benzene rings is 1. The Morgan fingerprint density at radius 1 is 1.23 bits per heavy atom. The van der Waals surface area contributed by atoms with Crippen molar-refractivity contribution in [3.05, 3.63) is 52.8 Å². The van der Waals surface area contributed by atoms with Gasteiger partial charge < -0.3 is 4.74 Å². The standard InChI is InChI=1S/C17H18ClN3O/c1-2-5-16(22-17-20-11-15(18)12-21-17)10-14-7-4-3-6-13(14)8-9-19/h3-4,6-7,11-12,16H,2,5,8,10H2,1H3. The van der Waals surface area contributed by atoms with Gasteiger partial charge in [-0.05, 0) is 17.5 Å². The van der Waals surface area contributed by atoms with Crippen molar-refractivity contribution < 1.29 is 4.74 Å². The fraction of sp³-hybridized carbons (Fsp3) is 0.353. The average molecular weight is 316 g/mol. The van der Waals surface area contributed by atoms with Gasteiger partial charge in [-0.15, -0.1) is 0 Å². The van der Waals surface area contributed by atoms with Crippen LogP contribution in [0.1, 0.15) is 30.9 Å². The molecule has 1 atom stereocenters. The normalized spacial score (nSPS) is 11.7. The van der Waals surface area contributed by atoms with Crippen LogP contribution in [0.15, 0.2) is 36.7 Å². The molecular formula is C17H18ClN3O. The Hall–Kier alpha value is -2.12. The SMILES string of the molecule is CCCC(Cc1ccccc1CC#N)Oc1ncc(Cl)cn1. The van der Waals surface area contributed by atoms with Crippen LogP contribution in [0.3, 0.4) is 0 Å². The zero-order chi connectivity index (χ0) is 15.8. The topological polar surface area (TPSA) is 58.8 Å². The Balaban J connectivity index is 2.11. The third-order valence-corrected chi connectivity index (χ3v) is 3.51. The Bertz CT molecular complexity index is 637. The zero-order valence-electron chi connectivity index (χ0n) is 12.5. The summed E-state index contributed by atoms with van der Waals surface area (Å²) in [5, 5.41) is 9.41. The second-order valence-corrected chi connectivity index (χ2v) is 5.46. The van der Waals surface area contributed by atoms with Crippen LogP contribution in [0, 0.1) is 11.3 Å². The van der Waals surface area contributed by atoms with E-state index in [-0.39, 0.29) is 6.10 Å². The fourth-order valence-electron chi connectivity index (χ4n) is 2.29. The molecule has 0 aliphatic heterocycles. The lowest BCUT2D eigenvalue weighted by molar-refractivity contribution is 0.174. The second kappa shape index (κ2) is 8.35. The highest BCUT2D eigenvalue weighted by molar-refractivity contribution is 6.30. The summed E-state index contributed by atoms with van der Waals surface area (Å²) in [4.78, 5) is 8.17. The first kappa shape index (κ1) is 16.3. The molecule has 2 rings (SSSR count). The van der Waals surface area contributed by atoms with Crippen molar-refractivity contribution in [2.75, 3.05) is 0 Å². The van der Waals surface area contributed by atoms with Gasteiger partial charge in [-0.2, -0.15) is 5.26 Å². The van der Waals surface area contributed by atoms with Crippen molar-refractivity contribution in [1.29, 1.82) is 5.26 Å². The minimum absolute atomic E-state index is 0.0222. The molecule has 0 fully saturated rings. The van der Waals surface area contributed by atoms with Crippen molar-refractivity contribution in [3.8, 4) is 12.1 Å². The zero-order valence-corrected chi connectivity index (χ0v) is 13.3. The average Bonchev–Trinajstić information content (AvgIpc) is 2.52. The summed E-state index contributed by atoms with van der Waals surface area (Å²) < 4.78 is 5.88. The molecule has 5 heteroatoms. The van der Waals surface area contributed by atoms with Gasteiger partial charge in [0.25, 0.3) is 0 Å². The molecule has 1 aromatic carbocycles. The van der Waals surface area contributed by atoms with Crippen LogP contribution in [0.25, 0.3) is 0 Å². The maximum atomic E-state index is 8.93. The molecule has 114 valence electrons. The summed E-state index contributed by atoms with van der Waals surface area (Å²) in [7, 11) is 0. The third-order valence-electron chi connectivity index (χ3n) is 3.31. The second-order valence-electron chi connectivity index (χ2n) is 5.02. The summed E-state index contributed by atoms with van der Waals surface area (Å²) in [6.45, 7) is 2.11. The van der Waals surface area contributed by atoms with Crippen LogP contribution >= 0.6 is 11.6 Å². The van der Waals surface area contributed by atoms with Crippen molar-refractivity contribution in [2.24, 2.45) is 0 Å². The first-order chi connectivity index (χ1) is 10.7. The molecule has 0 amide bonds. The van der Waals surface area contributed by atoms with Gasteiger partial charge in [-0.25, -0.2) is 9.97 Å². The first-order valence-electron chi connectivity index (χ1n) is 7.30. The van der Waals surface area contributed by atoms with Crippen molar-refractivity contribution in [2.45, 2.75) is 38.7 Å². The first-order valence-corrected chi connectivity index (χ1v) is 7.68. The van der Waals surface area contributed by atoms with Gasteiger partial charge in [0, 0.05) is 6.42 Å². The number of ether oxygens (including phenoxy) is 1. The van der Waals surface area contributed by atoms with E-state index in [9.17, 15) is 0 Å². The molecule has 0 radical (unpaired) electrons. The fourth-order valence-corrected chi connectivity index (χ4v) is 2.39. The van der Waals surface area contributed by atoms with E-state index in [0.717, 1.165) is 30.4 Å². The molecule has 0 saturated heterocycles. The number of rotatable bonds is 7. The third kappa shape index (κ3) is 4.71. The van der Waals surface area contributed by atoms with Gasteiger partial charge in [0.05, 0.1) is 29.9 Å². The van der Waals surface area contributed by atoms with Crippen LogP contribution in [-0.2, 0) is 12.8 Å². The van der Waals surface area contributed by atoms with Gasteiger partial charge in [0.2, 0.25) is 0 Å². The number of aromatic nitrogens is 2. The number of halogens is 1. The van der Waals surface area contributed by atoms with Crippen molar-refractivity contribution in [1.82, 2.24) is 9.97 Å². The molecule has 1 heterocycles. The lowest BCUT2D eigenvalue weighted by Gasteiger charge is -2.18. The lowest BCUT2D eigenvalue weighted by Crippen LogP contribution is -2.21. The van der Waals surface area contributed by atoms with Crippen LogP contribution < -0.4 is 4.74 Å². The van der Waals surface area contributed by atoms with E-state index in [1.807, 2.05) is 24.3 Å². The van der Waals surface area contributed by atoms with Crippen molar-refractivity contribution >= 4 is 11.6 Å². The van der Waals surface area contributed by atoms with Crippen LogP contribution in [0.4, 0.5) is 0 Å². The quantitative estimate of drug-likeness (QED) is 0.775. The summed E-state index contributed by atoms with van der Waals surface area (Å²) in [6.07, 6.45) is 6.06. The van der Waals surface area contributed by atoms with E-state index < -0.39 is 0 Å². The Labute approximate surface area is 135 Å². The van der Waals surface area contributed by atoms with E-state index in [0.29, 0.717) is 17.5 Å². The summed E-state index contributed by atoms with van der Waals surface area (Å²) in [5.74, 6) is 0. The van der Waals surface area contributed by atoms with Gasteiger partial charge >= 0.3 is 6.01 Å².